The first kappa shape index (κ1) is 15.6. The molecule has 0 aliphatic carbocycles. The zero-order chi connectivity index (χ0) is 16.0. The van der Waals surface area contributed by atoms with Crippen molar-refractivity contribution in [1.82, 2.24) is 4.72 Å². The average molecular weight is 322 g/mol. The Bertz CT molecular complexity index is 730. The quantitative estimate of drug-likeness (QED) is 0.882. The Morgan fingerprint density at radius 1 is 0.955 bits per heavy atom. The van der Waals surface area contributed by atoms with Gasteiger partial charge in [-0.2, -0.15) is 8.42 Å². The van der Waals surface area contributed by atoms with Crippen molar-refractivity contribution in [3.63, 3.8) is 0 Å². The van der Waals surface area contributed by atoms with Gasteiger partial charge in [0.05, 0.1) is 12.8 Å². The van der Waals surface area contributed by atoms with Crippen molar-refractivity contribution in [1.29, 1.82) is 0 Å². The minimum Gasteiger partial charge on any atom is -0.457 e. The van der Waals surface area contributed by atoms with Gasteiger partial charge in [-0.1, -0.05) is 18.2 Å². The summed E-state index contributed by atoms with van der Waals surface area (Å²) in [5, 5.41) is 0. The number of amides is 1. The molecule has 0 aliphatic heterocycles. The lowest BCUT2D eigenvalue weighted by atomic mass is 10.3. The largest absolute Gasteiger partial charge is 0.457 e. The second-order valence-electron chi connectivity index (χ2n) is 4.14. The fourth-order valence-corrected chi connectivity index (χ4v) is 2.35. The minimum absolute atomic E-state index is 0.275. The summed E-state index contributed by atoms with van der Waals surface area (Å²) in [4.78, 5) is 10.9. The molecule has 0 saturated heterocycles. The van der Waals surface area contributed by atoms with Crippen LogP contribution in [0.3, 0.4) is 0 Å². The van der Waals surface area contributed by atoms with Crippen LogP contribution in [-0.4, -0.2) is 21.6 Å². The average Bonchev–Trinajstić information content (AvgIpc) is 2.49. The Labute approximate surface area is 128 Å². The number of carbonyl (C=O) groups is 1. The number of carbonyl (C=O) groups excluding carboxylic acids is 1. The van der Waals surface area contributed by atoms with E-state index in [1.165, 1.54) is 12.1 Å². The van der Waals surface area contributed by atoms with Gasteiger partial charge in [-0.05, 0) is 36.4 Å². The van der Waals surface area contributed by atoms with E-state index in [1.807, 2.05) is 18.2 Å². The highest BCUT2D eigenvalue weighted by Gasteiger charge is 2.14. The number of ether oxygens (including phenoxy) is 2. The van der Waals surface area contributed by atoms with Crippen molar-refractivity contribution >= 4 is 22.0 Å². The van der Waals surface area contributed by atoms with Crippen LogP contribution in [0.5, 0.6) is 11.5 Å². The van der Waals surface area contributed by atoms with Gasteiger partial charge in [-0.25, -0.2) is 9.52 Å². The van der Waals surface area contributed by atoms with Gasteiger partial charge in [-0.15, -0.1) is 0 Å². The van der Waals surface area contributed by atoms with Crippen LogP contribution in [0.2, 0.25) is 0 Å². The maximum Gasteiger partial charge on any atom is 0.422 e. The lowest BCUT2D eigenvalue weighted by Gasteiger charge is -2.09. The SMILES string of the molecule is COC(=O)NS(=O)(=O)Nc1ccc(Oc2ccccc2)cc1. The monoisotopic (exact) mass is 322 g/mol. The lowest BCUT2D eigenvalue weighted by molar-refractivity contribution is 0.177. The second-order valence-corrected chi connectivity index (χ2v) is 5.55. The molecule has 0 heterocycles. The van der Waals surface area contributed by atoms with Crippen LogP contribution in [0.1, 0.15) is 0 Å². The highest BCUT2D eigenvalue weighted by atomic mass is 32.2. The van der Waals surface area contributed by atoms with Gasteiger partial charge < -0.3 is 9.47 Å². The summed E-state index contributed by atoms with van der Waals surface area (Å²) in [6, 6.07) is 15.4. The number of nitrogens with one attached hydrogen (secondary N) is 2. The van der Waals surface area contributed by atoms with Crippen LogP contribution in [0.4, 0.5) is 10.5 Å². The van der Waals surface area contributed by atoms with E-state index in [1.54, 1.807) is 29.0 Å². The van der Waals surface area contributed by atoms with Gasteiger partial charge in [0.2, 0.25) is 0 Å². The van der Waals surface area contributed by atoms with Crippen molar-refractivity contribution in [2.45, 2.75) is 0 Å². The topological polar surface area (TPSA) is 93.7 Å². The summed E-state index contributed by atoms with van der Waals surface area (Å²) < 4.78 is 36.8. The number of anilines is 1. The zero-order valence-corrected chi connectivity index (χ0v) is 12.5. The van der Waals surface area contributed by atoms with Crippen molar-refractivity contribution in [3.8, 4) is 11.5 Å². The Morgan fingerprint density at radius 2 is 1.55 bits per heavy atom. The number of para-hydroxylation sites is 1. The molecular formula is C14H14N2O5S. The smallest absolute Gasteiger partial charge is 0.422 e. The second kappa shape index (κ2) is 6.81. The van der Waals surface area contributed by atoms with Gasteiger partial charge in [-0.3, -0.25) is 4.72 Å². The van der Waals surface area contributed by atoms with E-state index < -0.39 is 16.3 Å². The molecule has 0 bridgehead atoms. The Hall–Kier alpha value is -2.74. The molecule has 1 amide bonds. The van der Waals surface area contributed by atoms with Crippen LogP contribution in [0.15, 0.2) is 54.6 Å². The third kappa shape index (κ3) is 4.67. The lowest BCUT2D eigenvalue weighted by Crippen LogP contribution is -2.35. The van der Waals surface area contributed by atoms with E-state index in [0.717, 1.165) is 7.11 Å². The van der Waals surface area contributed by atoms with Gasteiger partial charge in [0.1, 0.15) is 11.5 Å². The van der Waals surface area contributed by atoms with Crippen molar-refractivity contribution in [2.24, 2.45) is 0 Å². The number of methoxy groups -OCH3 is 1. The third-order valence-electron chi connectivity index (χ3n) is 2.49. The molecule has 22 heavy (non-hydrogen) atoms. The fourth-order valence-electron chi connectivity index (χ4n) is 1.55. The van der Waals surface area contributed by atoms with Crippen LogP contribution >= 0.6 is 0 Å². The Kier molecular flexibility index (Phi) is 4.84. The normalized spacial score (nSPS) is 10.6. The molecule has 0 saturated carbocycles. The van der Waals surface area contributed by atoms with Crippen LogP contribution in [0, 0.1) is 0 Å². The summed E-state index contributed by atoms with van der Waals surface area (Å²) in [5.74, 6) is 1.22. The van der Waals surface area contributed by atoms with E-state index in [9.17, 15) is 13.2 Å². The first-order chi connectivity index (χ1) is 10.5. The summed E-state index contributed by atoms with van der Waals surface area (Å²) in [5.41, 5.74) is 0.275. The van der Waals surface area contributed by atoms with Crippen molar-refractivity contribution < 1.29 is 22.7 Å². The third-order valence-corrected chi connectivity index (χ3v) is 3.43. The van der Waals surface area contributed by atoms with Gasteiger partial charge in [0.15, 0.2) is 0 Å². The summed E-state index contributed by atoms with van der Waals surface area (Å²) in [7, 11) is -2.96. The molecule has 2 rings (SSSR count). The number of hydrogen-bond donors (Lipinski definition) is 2. The van der Waals surface area contributed by atoms with Crippen molar-refractivity contribution in [2.75, 3.05) is 11.8 Å². The predicted octanol–water partition coefficient (Wildman–Crippen LogP) is 2.49. The van der Waals surface area contributed by atoms with Gasteiger partial charge in [0.25, 0.3) is 0 Å². The fraction of sp³-hybridized carbons (Fsp3) is 0.0714. The number of hydrogen-bond acceptors (Lipinski definition) is 5. The van der Waals surface area contributed by atoms with Gasteiger partial charge in [0, 0.05) is 0 Å². The molecule has 0 aliphatic rings. The summed E-state index contributed by atoms with van der Waals surface area (Å²) >= 11 is 0. The molecule has 2 aromatic rings. The molecular weight excluding hydrogens is 308 g/mol. The molecule has 2 aromatic carbocycles. The van der Waals surface area contributed by atoms with Crippen molar-refractivity contribution in [3.05, 3.63) is 54.6 Å². The van der Waals surface area contributed by atoms with E-state index in [4.69, 9.17) is 4.74 Å². The standard InChI is InChI=1S/C14H14N2O5S/c1-20-14(17)16-22(18,19)15-11-7-9-13(10-8-11)21-12-5-3-2-4-6-12/h2-10,15H,1H3,(H,16,17). The molecule has 116 valence electrons. The van der Waals surface area contributed by atoms with Crippen LogP contribution in [0.25, 0.3) is 0 Å². The van der Waals surface area contributed by atoms with E-state index >= 15 is 0 Å². The van der Waals surface area contributed by atoms with Crippen LogP contribution < -0.4 is 14.2 Å². The highest BCUT2D eigenvalue weighted by molar-refractivity contribution is 7.91. The first-order valence-corrected chi connectivity index (χ1v) is 7.68. The van der Waals surface area contributed by atoms with Crippen LogP contribution in [-0.2, 0) is 14.9 Å². The van der Waals surface area contributed by atoms with E-state index in [2.05, 4.69) is 9.46 Å². The first-order valence-electron chi connectivity index (χ1n) is 6.20. The molecule has 0 spiro atoms. The number of benzene rings is 2. The minimum atomic E-state index is -4.03. The molecule has 0 atom stereocenters. The maximum absolute atomic E-state index is 11.6. The predicted molar refractivity (Wildman–Crippen MR) is 81.0 cm³/mol. The van der Waals surface area contributed by atoms with E-state index in [-0.39, 0.29) is 5.69 Å². The molecule has 8 heteroatoms. The molecule has 2 N–H and O–H groups in total. The number of rotatable bonds is 5. The Morgan fingerprint density at radius 3 is 2.14 bits per heavy atom. The molecule has 0 unspecified atom stereocenters. The van der Waals surface area contributed by atoms with E-state index in [0.29, 0.717) is 11.5 Å². The Balaban J connectivity index is 2.01. The summed E-state index contributed by atoms with van der Waals surface area (Å²) in [6.45, 7) is 0. The highest BCUT2D eigenvalue weighted by Crippen LogP contribution is 2.22. The molecule has 7 nitrogen and oxygen atoms in total. The molecule has 0 radical (unpaired) electrons. The maximum atomic E-state index is 11.6. The molecule has 0 aromatic heterocycles. The summed E-state index contributed by atoms with van der Waals surface area (Å²) in [6.07, 6.45) is -1.07. The molecule has 0 fully saturated rings. The van der Waals surface area contributed by atoms with Gasteiger partial charge >= 0.3 is 16.3 Å². The zero-order valence-electron chi connectivity index (χ0n) is 11.6.